The summed E-state index contributed by atoms with van der Waals surface area (Å²) in [6, 6.07) is 9.46. The number of amides is 2. The molecule has 2 aromatic carbocycles. The number of carbonyl (C=O) groups excluding carboxylic acids is 2. The quantitative estimate of drug-likeness (QED) is 0.729. The molecule has 0 aromatic heterocycles. The SMILES string of the molecule is Cc1cc(NC(=O)c2cc(S(=O)(=O)N(C)C)ccc2N2CCCC2)ccc1C(N)=O. The van der Waals surface area contributed by atoms with Crippen molar-refractivity contribution in [2.75, 3.05) is 37.4 Å². The molecule has 1 fully saturated rings. The highest BCUT2D eigenvalue weighted by Gasteiger charge is 2.24. The van der Waals surface area contributed by atoms with Crippen molar-refractivity contribution >= 4 is 33.2 Å². The number of nitrogens with zero attached hydrogens (tertiary/aromatic N) is 2. The van der Waals surface area contributed by atoms with Gasteiger partial charge in [-0.1, -0.05) is 0 Å². The van der Waals surface area contributed by atoms with Crippen molar-refractivity contribution in [2.45, 2.75) is 24.7 Å². The molecule has 0 radical (unpaired) electrons. The van der Waals surface area contributed by atoms with Crippen LogP contribution < -0.4 is 16.0 Å². The Bertz CT molecular complexity index is 1090. The van der Waals surface area contributed by atoms with Crippen LogP contribution in [0.4, 0.5) is 11.4 Å². The summed E-state index contributed by atoms with van der Waals surface area (Å²) in [5.41, 5.74) is 7.84. The van der Waals surface area contributed by atoms with Crippen molar-refractivity contribution in [3.05, 3.63) is 53.1 Å². The standard InChI is InChI=1S/C21H26N4O4S/c1-14-12-15(6-8-17(14)20(22)26)23-21(27)18-13-16(30(28,29)24(2)3)7-9-19(18)25-10-4-5-11-25/h6-9,12-13H,4-5,10-11H2,1-3H3,(H2,22,26)(H,23,27). The first-order valence-electron chi connectivity index (χ1n) is 9.64. The van der Waals surface area contributed by atoms with Crippen molar-refractivity contribution < 1.29 is 18.0 Å². The lowest BCUT2D eigenvalue weighted by Crippen LogP contribution is -2.25. The highest BCUT2D eigenvalue weighted by Crippen LogP contribution is 2.29. The van der Waals surface area contributed by atoms with Crippen LogP contribution in [0.5, 0.6) is 0 Å². The zero-order chi connectivity index (χ0) is 22.1. The van der Waals surface area contributed by atoms with Gasteiger partial charge in [-0.25, -0.2) is 12.7 Å². The van der Waals surface area contributed by atoms with Gasteiger partial charge in [0.25, 0.3) is 5.91 Å². The van der Waals surface area contributed by atoms with E-state index < -0.39 is 21.8 Å². The summed E-state index contributed by atoms with van der Waals surface area (Å²) in [5, 5.41) is 2.81. The van der Waals surface area contributed by atoms with Crippen molar-refractivity contribution in [1.29, 1.82) is 0 Å². The van der Waals surface area contributed by atoms with Crippen LogP contribution >= 0.6 is 0 Å². The molecule has 1 saturated heterocycles. The Balaban J connectivity index is 2.00. The third-order valence-corrected chi connectivity index (χ3v) is 7.00. The first kappa shape index (κ1) is 21.8. The molecule has 0 unspecified atom stereocenters. The molecule has 3 N–H and O–H groups in total. The van der Waals surface area contributed by atoms with Gasteiger partial charge in [-0.3, -0.25) is 9.59 Å². The number of rotatable bonds is 6. The smallest absolute Gasteiger partial charge is 0.257 e. The molecule has 9 heteroatoms. The van der Waals surface area contributed by atoms with E-state index in [9.17, 15) is 18.0 Å². The second-order valence-corrected chi connectivity index (χ2v) is 9.66. The summed E-state index contributed by atoms with van der Waals surface area (Å²) in [4.78, 5) is 26.7. The van der Waals surface area contributed by atoms with Crippen LogP contribution in [0.1, 0.15) is 39.1 Å². The van der Waals surface area contributed by atoms with Crippen LogP contribution in [0.3, 0.4) is 0 Å². The molecule has 30 heavy (non-hydrogen) atoms. The molecule has 0 atom stereocenters. The minimum atomic E-state index is -3.68. The summed E-state index contributed by atoms with van der Waals surface area (Å²) in [6.45, 7) is 3.36. The third-order valence-electron chi connectivity index (χ3n) is 5.19. The van der Waals surface area contributed by atoms with E-state index in [0.29, 0.717) is 22.5 Å². The minimum Gasteiger partial charge on any atom is -0.371 e. The van der Waals surface area contributed by atoms with Gasteiger partial charge in [0, 0.05) is 44.1 Å². The molecular formula is C21H26N4O4S. The van der Waals surface area contributed by atoms with Crippen LogP contribution in [-0.4, -0.2) is 51.7 Å². The Morgan fingerprint density at radius 2 is 1.70 bits per heavy atom. The summed E-state index contributed by atoms with van der Waals surface area (Å²) < 4.78 is 26.3. The van der Waals surface area contributed by atoms with Crippen LogP contribution in [0.25, 0.3) is 0 Å². The Morgan fingerprint density at radius 1 is 1.03 bits per heavy atom. The molecule has 1 aliphatic rings. The number of hydrogen-bond donors (Lipinski definition) is 2. The molecule has 8 nitrogen and oxygen atoms in total. The number of sulfonamides is 1. The monoisotopic (exact) mass is 430 g/mol. The molecule has 1 heterocycles. The van der Waals surface area contributed by atoms with E-state index in [4.69, 9.17) is 5.73 Å². The fraction of sp³-hybridized carbons (Fsp3) is 0.333. The Hall–Kier alpha value is -2.91. The summed E-state index contributed by atoms with van der Waals surface area (Å²) in [6.07, 6.45) is 2.04. The topological polar surface area (TPSA) is 113 Å². The van der Waals surface area contributed by atoms with Crippen LogP contribution in [0.15, 0.2) is 41.3 Å². The Morgan fingerprint density at radius 3 is 2.27 bits per heavy atom. The average Bonchev–Trinajstić information content (AvgIpc) is 3.21. The first-order chi connectivity index (χ1) is 14.1. The fourth-order valence-electron chi connectivity index (χ4n) is 3.52. The zero-order valence-corrected chi connectivity index (χ0v) is 18.1. The lowest BCUT2D eigenvalue weighted by molar-refractivity contribution is 0.0997. The van der Waals surface area contributed by atoms with Crippen molar-refractivity contribution in [2.24, 2.45) is 5.73 Å². The number of carbonyl (C=O) groups is 2. The van der Waals surface area contributed by atoms with Crippen molar-refractivity contribution in [3.63, 3.8) is 0 Å². The molecule has 1 aliphatic heterocycles. The van der Waals surface area contributed by atoms with Crippen molar-refractivity contribution in [3.8, 4) is 0 Å². The lowest BCUT2D eigenvalue weighted by Gasteiger charge is -2.22. The highest BCUT2D eigenvalue weighted by atomic mass is 32.2. The Labute approximate surface area is 176 Å². The van der Waals surface area contributed by atoms with Gasteiger partial charge >= 0.3 is 0 Å². The predicted octanol–water partition coefficient (Wildman–Crippen LogP) is 2.20. The van der Waals surface area contributed by atoms with E-state index >= 15 is 0 Å². The number of aryl methyl sites for hydroxylation is 1. The normalized spacial score (nSPS) is 14.2. The van der Waals surface area contributed by atoms with Gasteiger partial charge in [-0.2, -0.15) is 0 Å². The summed E-state index contributed by atoms with van der Waals surface area (Å²) in [7, 11) is -0.783. The average molecular weight is 431 g/mol. The molecule has 0 aliphatic carbocycles. The van der Waals surface area contributed by atoms with Gasteiger partial charge in [0.1, 0.15) is 0 Å². The molecule has 2 amide bonds. The van der Waals surface area contributed by atoms with E-state index in [1.165, 1.54) is 26.2 Å². The minimum absolute atomic E-state index is 0.0563. The van der Waals surface area contributed by atoms with E-state index in [1.807, 2.05) is 0 Å². The second kappa shape index (κ2) is 8.45. The molecule has 3 rings (SSSR count). The molecule has 160 valence electrons. The molecule has 0 spiro atoms. The number of anilines is 2. The maximum absolute atomic E-state index is 13.1. The van der Waals surface area contributed by atoms with Gasteiger partial charge in [0.2, 0.25) is 15.9 Å². The number of nitrogens with one attached hydrogen (secondary N) is 1. The number of benzene rings is 2. The first-order valence-corrected chi connectivity index (χ1v) is 11.1. The van der Waals surface area contributed by atoms with Crippen LogP contribution in [0.2, 0.25) is 0 Å². The molecule has 0 saturated carbocycles. The molecule has 0 bridgehead atoms. The van der Waals surface area contributed by atoms with Gasteiger partial charge in [0.05, 0.1) is 10.5 Å². The highest BCUT2D eigenvalue weighted by molar-refractivity contribution is 7.89. The summed E-state index contributed by atoms with van der Waals surface area (Å²) >= 11 is 0. The summed E-state index contributed by atoms with van der Waals surface area (Å²) in [5.74, 6) is -0.956. The second-order valence-electron chi connectivity index (χ2n) is 7.51. The predicted molar refractivity (Wildman–Crippen MR) is 116 cm³/mol. The van der Waals surface area contributed by atoms with Crippen LogP contribution in [-0.2, 0) is 10.0 Å². The zero-order valence-electron chi connectivity index (χ0n) is 17.3. The number of nitrogens with two attached hydrogens (primary N) is 1. The molecule has 2 aromatic rings. The van der Waals surface area contributed by atoms with Crippen molar-refractivity contribution in [1.82, 2.24) is 4.31 Å². The van der Waals surface area contributed by atoms with E-state index in [2.05, 4.69) is 10.2 Å². The third kappa shape index (κ3) is 4.31. The van der Waals surface area contributed by atoms with E-state index in [0.717, 1.165) is 30.2 Å². The fourth-order valence-corrected chi connectivity index (χ4v) is 4.45. The van der Waals surface area contributed by atoms with E-state index in [1.54, 1.807) is 31.2 Å². The van der Waals surface area contributed by atoms with Crippen LogP contribution in [0, 0.1) is 6.92 Å². The Kier molecular flexibility index (Phi) is 6.14. The maximum atomic E-state index is 13.1. The maximum Gasteiger partial charge on any atom is 0.257 e. The number of hydrogen-bond acceptors (Lipinski definition) is 5. The van der Waals surface area contributed by atoms with Gasteiger partial charge in [-0.15, -0.1) is 0 Å². The van der Waals surface area contributed by atoms with Gasteiger partial charge in [0.15, 0.2) is 0 Å². The number of primary amides is 1. The lowest BCUT2D eigenvalue weighted by atomic mass is 10.1. The largest absolute Gasteiger partial charge is 0.371 e. The molecular weight excluding hydrogens is 404 g/mol. The van der Waals surface area contributed by atoms with Gasteiger partial charge in [-0.05, 0) is 61.7 Å². The van der Waals surface area contributed by atoms with Gasteiger partial charge < -0.3 is 16.0 Å². The van der Waals surface area contributed by atoms with E-state index in [-0.39, 0.29) is 10.5 Å².